The molecule has 4 heteroatoms. The molecule has 1 N–H and O–H groups in total. The van der Waals surface area contributed by atoms with E-state index in [2.05, 4.69) is 12.2 Å². The van der Waals surface area contributed by atoms with Crippen molar-refractivity contribution in [3.63, 3.8) is 0 Å². The molecule has 16 heavy (non-hydrogen) atoms. The van der Waals surface area contributed by atoms with Gasteiger partial charge in [0.05, 0.1) is 0 Å². The summed E-state index contributed by atoms with van der Waals surface area (Å²) in [6, 6.07) is 0.535. The van der Waals surface area contributed by atoms with Crippen LogP contribution in [0.2, 0.25) is 0 Å². The van der Waals surface area contributed by atoms with Crippen LogP contribution in [-0.4, -0.2) is 35.3 Å². The second-order valence-corrected chi connectivity index (χ2v) is 4.80. The maximum absolute atomic E-state index is 11.9. The first-order chi connectivity index (χ1) is 7.72. The van der Waals surface area contributed by atoms with E-state index in [0.717, 1.165) is 38.6 Å². The van der Waals surface area contributed by atoms with E-state index in [1.54, 1.807) is 4.90 Å². The Bertz CT molecular complexity index is 287. The third-order valence-electron chi connectivity index (χ3n) is 3.47. The molecule has 2 fully saturated rings. The largest absolute Gasteiger partial charge is 0.345 e. The molecule has 0 radical (unpaired) electrons. The SMILES string of the molecule is CCC1CCCCN1C(=O)C(=O)NC1CC1. The zero-order chi connectivity index (χ0) is 11.5. The highest BCUT2D eigenvalue weighted by Crippen LogP contribution is 2.21. The summed E-state index contributed by atoms with van der Waals surface area (Å²) in [4.78, 5) is 25.4. The number of rotatable bonds is 2. The van der Waals surface area contributed by atoms with Gasteiger partial charge in [0.2, 0.25) is 0 Å². The Morgan fingerprint density at radius 3 is 2.62 bits per heavy atom. The first-order valence-corrected chi connectivity index (χ1v) is 6.34. The molecule has 1 heterocycles. The van der Waals surface area contributed by atoms with Crippen molar-refractivity contribution in [3.8, 4) is 0 Å². The lowest BCUT2D eigenvalue weighted by Crippen LogP contribution is -2.50. The van der Waals surface area contributed by atoms with Crippen LogP contribution in [0.5, 0.6) is 0 Å². The van der Waals surface area contributed by atoms with Gasteiger partial charge in [-0.1, -0.05) is 6.92 Å². The van der Waals surface area contributed by atoms with Gasteiger partial charge in [-0.3, -0.25) is 9.59 Å². The molecule has 0 aromatic heterocycles. The van der Waals surface area contributed by atoms with Gasteiger partial charge in [-0.05, 0) is 38.5 Å². The predicted octanol–water partition coefficient (Wildman–Crippen LogP) is 1.06. The molecular formula is C12H20N2O2. The van der Waals surface area contributed by atoms with Gasteiger partial charge in [-0.15, -0.1) is 0 Å². The Morgan fingerprint density at radius 2 is 2.00 bits per heavy atom. The number of nitrogens with zero attached hydrogens (tertiary/aromatic N) is 1. The van der Waals surface area contributed by atoms with Gasteiger partial charge < -0.3 is 10.2 Å². The molecule has 4 nitrogen and oxygen atoms in total. The molecule has 1 aliphatic heterocycles. The smallest absolute Gasteiger partial charge is 0.312 e. The van der Waals surface area contributed by atoms with Crippen molar-refractivity contribution in [1.82, 2.24) is 10.2 Å². The minimum Gasteiger partial charge on any atom is -0.345 e. The van der Waals surface area contributed by atoms with Crippen molar-refractivity contribution in [3.05, 3.63) is 0 Å². The Kier molecular flexibility index (Phi) is 3.46. The summed E-state index contributed by atoms with van der Waals surface area (Å²) in [5, 5.41) is 2.77. The van der Waals surface area contributed by atoms with Crippen molar-refractivity contribution >= 4 is 11.8 Å². The third-order valence-corrected chi connectivity index (χ3v) is 3.47. The minimum atomic E-state index is -0.400. The van der Waals surface area contributed by atoms with Crippen LogP contribution in [0.1, 0.15) is 45.4 Å². The second kappa shape index (κ2) is 4.85. The van der Waals surface area contributed by atoms with Crippen LogP contribution in [0.15, 0.2) is 0 Å². The minimum absolute atomic E-state index is 0.265. The monoisotopic (exact) mass is 224 g/mol. The Morgan fingerprint density at radius 1 is 1.25 bits per heavy atom. The fraction of sp³-hybridized carbons (Fsp3) is 0.833. The predicted molar refractivity (Wildman–Crippen MR) is 60.8 cm³/mol. The number of nitrogens with one attached hydrogen (secondary N) is 1. The number of likely N-dealkylation sites (tertiary alicyclic amines) is 1. The molecule has 1 atom stereocenters. The van der Waals surface area contributed by atoms with Gasteiger partial charge in [0.1, 0.15) is 0 Å². The lowest BCUT2D eigenvalue weighted by molar-refractivity contribution is -0.148. The van der Waals surface area contributed by atoms with E-state index in [1.807, 2.05) is 0 Å². The summed E-state index contributed by atoms with van der Waals surface area (Å²) in [5.74, 6) is -0.721. The number of piperidine rings is 1. The maximum Gasteiger partial charge on any atom is 0.312 e. The Hall–Kier alpha value is -1.06. The van der Waals surface area contributed by atoms with Gasteiger partial charge in [-0.2, -0.15) is 0 Å². The van der Waals surface area contributed by atoms with Gasteiger partial charge >= 0.3 is 11.8 Å². The molecule has 2 aliphatic rings. The summed E-state index contributed by atoms with van der Waals surface area (Å²) >= 11 is 0. The number of carbonyl (C=O) groups is 2. The van der Waals surface area contributed by atoms with Crippen LogP contribution in [0, 0.1) is 0 Å². The van der Waals surface area contributed by atoms with E-state index in [0.29, 0.717) is 0 Å². The quantitative estimate of drug-likeness (QED) is 0.713. The molecule has 2 rings (SSSR count). The van der Waals surface area contributed by atoms with Crippen molar-refractivity contribution in [2.24, 2.45) is 0 Å². The van der Waals surface area contributed by atoms with Crippen molar-refractivity contribution in [2.45, 2.75) is 57.5 Å². The van der Waals surface area contributed by atoms with Gasteiger partial charge in [-0.25, -0.2) is 0 Å². The van der Waals surface area contributed by atoms with E-state index >= 15 is 0 Å². The average molecular weight is 224 g/mol. The molecule has 1 saturated heterocycles. The van der Waals surface area contributed by atoms with Crippen LogP contribution >= 0.6 is 0 Å². The van der Waals surface area contributed by atoms with Crippen LogP contribution in [-0.2, 0) is 9.59 Å². The van der Waals surface area contributed by atoms with Crippen LogP contribution in [0.3, 0.4) is 0 Å². The normalized spacial score (nSPS) is 25.3. The second-order valence-electron chi connectivity index (χ2n) is 4.80. The van der Waals surface area contributed by atoms with Gasteiger partial charge in [0.15, 0.2) is 0 Å². The molecular weight excluding hydrogens is 204 g/mol. The van der Waals surface area contributed by atoms with Crippen LogP contribution in [0.25, 0.3) is 0 Å². The number of amides is 2. The standard InChI is InChI=1S/C12H20N2O2/c1-2-10-5-3-4-8-14(10)12(16)11(15)13-9-6-7-9/h9-10H,2-8H2,1H3,(H,13,15). The summed E-state index contributed by atoms with van der Waals surface area (Å²) in [6.07, 6.45) is 6.24. The van der Waals surface area contributed by atoms with Crippen molar-refractivity contribution < 1.29 is 9.59 Å². The Labute approximate surface area is 96.4 Å². The Balaban J connectivity index is 1.92. The number of carbonyl (C=O) groups excluding carboxylic acids is 2. The van der Waals surface area contributed by atoms with E-state index in [9.17, 15) is 9.59 Å². The third kappa shape index (κ3) is 2.54. The van der Waals surface area contributed by atoms with Crippen molar-refractivity contribution in [1.29, 1.82) is 0 Å². The van der Waals surface area contributed by atoms with Crippen LogP contribution in [0.4, 0.5) is 0 Å². The highest BCUT2D eigenvalue weighted by Gasteiger charge is 2.32. The molecule has 1 aliphatic carbocycles. The summed E-state index contributed by atoms with van der Waals surface area (Å²) in [7, 11) is 0. The zero-order valence-electron chi connectivity index (χ0n) is 9.87. The molecule has 0 aromatic rings. The molecule has 0 aromatic carbocycles. The number of hydrogen-bond donors (Lipinski definition) is 1. The number of hydrogen-bond acceptors (Lipinski definition) is 2. The first kappa shape index (κ1) is 11.4. The summed E-state index contributed by atoms with van der Waals surface area (Å²) < 4.78 is 0. The van der Waals surface area contributed by atoms with E-state index in [-0.39, 0.29) is 18.0 Å². The first-order valence-electron chi connectivity index (χ1n) is 6.34. The van der Waals surface area contributed by atoms with E-state index < -0.39 is 5.91 Å². The topological polar surface area (TPSA) is 49.4 Å². The lowest BCUT2D eigenvalue weighted by atomic mass is 10.00. The fourth-order valence-corrected chi connectivity index (χ4v) is 2.30. The molecule has 90 valence electrons. The lowest BCUT2D eigenvalue weighted by Gasteiger charge is -2.34. The van der Waals surface area contributed by atoms with Crippen LogP contribution < -0.4 is 5.32 Å². The summed E-state index contributed by atoms with van der Waals surface area (Å²) in [5.41, 5.74) is 0. The van der Waals surface area contributed by atoms with Gasteiger partial charge in [0.25, 0.3) is 0 Å². The van der Waals surface area contributed by atoms with Gasteiger partial charge in [0, 0.05) is 18.6 Å². The average Bonchev–Trinajstić information content (AvgIpc) is 3.11. The molecule has 0 bridgehead atoms. The van der Waals surface area contributed by atoms with E-state index in [1.165, 1.54) is 6.42 Å². The molecule has 2 amide bonds. The highest BCUT2D eigenvalue weighted by molar-refractivity contribution is 6.35. The summed E-state index contributed by atoms with van der Waals surface area (Å²) in [6.45, 7) is 2.82. The maximum atomic E-state index is 11.9. The fourth-order valence-electron chi connectivity index (χ4n) is 2.30. The van der Waals surface area contributed by atoms with E-state index in [4.69, 9.17) is 0 Å². The molecule has 0 spiro atoms. The molecule has 1 saturated carbocycles. The van der Waals surface area contributed by atoms with Crippen molar-refractivity contribution in [2.75, 3.05) is 6.54 Å². The highest BCUT2D eigenvalue weighted by atomic mass is 16.2. The zero-order valence-corrected chi connectivity index (χ0v) is 9.87. The molecule has 1 unspecified atom stereocenters.